The minimum Gasteiger partial charge on any atom is -0.493 e. The Morgan fingerprint density at radius 3 is 2.48 bits per heavy atom. The van der Waals surface area contributed by atoms with Gasteiger partial charge in [0.05, 0.1) is 19.9 Å². The molecule has 1 heterocycles. The molecule has 0 saturated carbocycles. The average Bonchev–Trinajstić information content (AvgIpc) is 2.46. The van der Waals surface area contributed by atoms with Crippen molar-refractivity contribution < 1.29 is 9.47 Å². The van der Waals surface area contributed by atoms with Crippen molar-refractivity contribution in [2.75, 3.05) is 21.3 Å². The van der Waals surface area contributed by atoms with E-state index in [0.29, 0.717) is 6.42 Å². The molecular weight excluding hydrogens is 266 g/mol. The summed E-state index contributed by atoms with van der Waals surface area (Å²) >= 11 is 0. The Balaban J connectivity index is 2.25. The van der Waals surface area contributed by atoms with Gasteiger partial charge in [-0.1, -0.05) is 6.07 Å². The number of ether oxygens (including phenoxy) is 2. The van der Waals surface area contributed by atoms with E-state index in [2.05, 4.69) is 15.3 Å². The van der Waals surface area contributed by atoms with Crippen LogP contribution in [0.3, 0.4) is 0 Å². The lowest BCUT2D eigenvalue weighted by Crippen LogP contribution is -2.10. The van der Waals surface area contributed by atoms with E-state index in [4.69, 9.17) is 9.47 Å². The van der Waals surface area contributed by atoms with Gasteiger partial charge in [0.2, 0.25) is 0 Å². The fourth-order valence-corrected chi connectivity index (χ4v) is 2.22. The Kier molecular flexibility index (Phi) is 5.11. The summed E-state index contributed by atoms with van der Waals surface area (Å²) in [7, 11) is 5.17. The van der Waals surface area contributed by atoms with Gasteiger partial charge in [-0.2, -0.15) is 0 Å². The molecule has 2 aromatic rings. The summed E-state index contributed by atoms with van der Waals surface area (Å²) in [6, 6.07) is 7.86. The number of nitrogens with one attached hydrogen (secondary N) is 1. The molecule has 0 fully saturated rings. The minimum atomic E-state index is 0.665. The fraction of sp³-hybridized carbons (Fsp3) is 0.375. The van der Waals surface area contributed by atoms with E-state index in [9.17, 15) is 0 Å². The standard InChI is InChI=1S/C16H21N3O2/c1-11-7-13(10-17-2)19-16(18-11)9-12-5-6-14(20-3)15(8-12)21-4/h5-8,17H,9-10H2,1-4H3. The molecule has 0 spiro atoms. The predicted octanol–water partition coefficient (Wildman–Crippen LogP) is 2.11. The van der Waals surface area contributed by atoms with Gasteiger partial charge in [-0.05, 0) is 37.7 Å². The van der Waals surface area contributed by atoms with Crippen molar-refractivity contribution >= 4 is 0 Å². The number of aromatic nitrogens is 2. The smallest absolute Gasteiger partial charge is 0.161 e. The summed E-state index contributed by atoms with van der Waals surface area (Å²) in [6.07, 6.45) is 0.665. The normalized spacial score (nSPS) is 10.5. The van der Waals surface area contributed by atoms with Crippen LogP contribution in [0.5, 0.6) is 11.5 Å². The monoisotopic (exact) mass is 287 g/mol. The maximum atomic E-state index is 5.32. The second-order valence-electron chi connectivity index (χ2n) is 4.81. The Hall–Kier alpha value is -2.14. The molecule has 1 N–H and O–H groups in total. The van der Waals surface area contributed by atoms with Crippen LogP contribution in [0, 0.1) is 6.92 Å². The Bertz CT molecular complexity index is 614. The van der Waals surface area contributed by atoms with Crippen LogP contribution in [0.2, 0.25) is 0 Å². The molecule has 5 nitrogen and oxygen atoms in total. The van der Waals surface area contributed by atoms with Gasteiger partial charge in [0.1, 0.15) is 5.82 Å². The van der Waals surface area contributed by atoms with Crippen LogP contribution in [0.25, 0.3) is 0 Å². The number of methoxy groups -OCH3 is 2. The third-order valence-corrected chi connectivity index (χ3v) is 3.12. The molecule has 2 rings (SSSR count). The van der Waals surface area contributed by atoms with Crippen molar-refractivity contribution in [3.05, 3.63) is 47.0 Å². The number of hydrogen-bond acceptors (Lipinski definition) is 5. The highest BCUT2D eigenvalue weighted by molar-refractivity contribution is 5.43. The van der Waals surface area contributed by atoms with E-state index in [0.717, 1.165) is 40.8 Å². The number of nitrogens with zero attached hydrogens (tertiary/aromatic N) is 2. The molecule has 0 saturated heterocycles. The maximum absolute atomic E-state index is 5.32. The van der Waals surface area contributed by atoms with E-state index >= 15 is 0 Å². The highest BCUT2D eigenvalue weighted by atomic mass is 16.5. The van der Waals surface area contributed by atoms with Crippen LogP contribution in [0.15, 0.2) is 24.3 Å². The molecule has 0 radical (unpaired) electrons. The summed E-state index contributed by atoms with van der Waals surface area (Å²) in [6.45, 7) is 2.72. The van der Waals surface area contributed by atoms with Crippen molar-refractivity contribution in [3.63, 3.8) is 0 Å². The molecule has 5 heteroatoms. The van der Waals surface area contributed by atoms with Gasteiger partial charge < -0.3 is 14.8 Å². The Morgan fingerprint density at radius 2 is 1.81 bits per heavy atom. The summed E-state index contributed by atoms with van der Waals surface area (Å²) in [5.41, 5.74) is 3.07. The zero-order valence-corrected chi connectivity index (χ0v) is 12.9. The van der Waals surface area contributed by atoms with Gasteiger partial charge in [-0.25, -0.2) is 9.97 Å². The van der Waals surface area contributed by atoms with E-state index in [-0.39, 0.29) is 0 Å². The quantitative estimate of drug-likeness (QED) is 0.882. The van der Waals surface area contributed by atoms with Crippen LogP contribution < -0.4 is 14.8 Å². The van der Waals surface area contributed by atoms with Crippen LogP contribution in [0.4, 0.5) is 0 Å². The van der Waals surface area contributed by atoms with Crippen molar-refractivity contribution in [3.8, 4) is 11.5 Å². The molecule has 21 heavy (non-hydrogen) atoms. The van der Waals surface area contributed by atoms with Crippen LogP contribution >= 0.6 is 0 Å². The third-order valence-electron chi connectivity index (χ3n) is 3.12. The average molecular weight is 287 g/mol. The topological polar surface area (TPSA) is 56.3 Å². The highest BCUT2D eigenvalue weighted by Crippen LogP contribution is 2.28. The first-order chi connectivity index (χ1) is 10.2. The predicted molar refractivity (Wildman–Crippen MR) is 81.9 cm³/mol. The number of aryl methyl sites for hydroxylation is 1. The Morgan fingerprint density at radius 1 is 1.05 bits per heavy atom. The molecule has 1 aromatic heterocycles. The molecule has 112 valence electrons. The SMILES string of the molecule is CNCc1cc(C)nc(Cc2ccc(OC)c(OC)c2)n1. The number of rotatable bonds is 6. The summed E-state index contributed by atoms with van der Waals surface area (Å²) < 4.78 is 10.6. The first-order valence-electron chi connectivity index (χ1n) is 6.85. The minimum absolute atomic E-state index is 0.665. The lowest BCUT2D eigenvalue weighted by molar-refractivity contribution is 0.354. The van der Waals surface area contributed by atoms with Crippen LogP contribution in [0.1, 0.15) is 22.8 Å². The van der Waals surface area contributed by atoms with Crippen molar-refractivity contribution in [1.29, 1.82) is 0 Å². The number of hydrogen-bond donors (Lipinski definition) is 1. The van der Waals surface area contributed by atoms with E-state index in [1.165, 1.54) is 0 Å². The van der Waals surface area contributed by atoms with Gasteiger partial charge >= 0.3 is 0 Å². The summed E-state index contributed by atoms with van der Waals surface area (Å²) in [5.74, 6) is 2.26. The van der Waals surface area contributed by atoms with Gasteiger partial charge in [0.25, 0.3) is 0 Å². The lowest BCUT2D eigenvalue weighted by Gasteiger charge is -2.10. The molecule has 0 aliphatic rings. The zero-order valence-electron chi connectivity index (χ0n) is 12.9. The van der Waals surface area contributed by atoms with Crippen molar-refractivity contribution in [2.24, 2.45) is 0 Å². The van der Waals surface area contributed by atoms with E-state index in [1.54, 1.807) is 14.2 Å². The van der Waals surface area contributed by atoms with Crippen LogP contribution in [-0.4, -0.2) is 31.2 Å². The first-order valence-corrected chi connectivity index (χ1v) is 6.85. The van der Waals surface area contributed by atoms with Crippen LogP contribution in [-0.2, 0) is 13.0 Å². The second kappa shape index (κ2) is 7.04. The van der Waals surface area contributed by atoms with Gasteiger partial charge in [-0.3, -0.25) is 0 Å². The molecule has 0 bridgehead atoms. The van der Waals surface area contributed by atoms with E-state index < -0.39 is 0 Å². The van der Waals surface area contributed by atoms with Gasteiger partial charge in [-0.15, -0.1) is 0 Å². The van der Waals surface area contributed by atoms with Gasteiger partial charge in [0.15, 0.2) is 11.5 Å². The molecule has 1 aromatic carbocycles. The summed E-state index contributed by atoms with van der Waals surface area (Å²) in [4.78, 5) is 9.07. The van der Waals surface area contributed by atoms with Crippen molar-refractivity contribution in [2.45, 2.75) is 19.9 Å². The van der Waals surface area contributed by atoms with E-state index in [1.807, 2.05) is 38.2 Å². The number of benzene rings is 1. The molecule has 0 atom stereocenters. The lowest BCUT2D eigenvalue weighted by atomic mass is 10.1. The first kappa shape index (κ1) is 15.3. The second-order valence-corrected chi connectivity index (χ2v) is 4.81. The van der Waals surface area contributed by atoms with Gasteiger partial charge in [0, 0.05) is 18.7 Å². The maximum Gasteiger partial charge on any atom is 0.161 e. The molecule has 0 aliphatic heterocycles. The molecular formula is C16H21N3O2. The Labute approximate surface area is 125 Å². The molecule has 0 aliphatic carbocycles. The van der Waals surface area contributed by atoms with Crippen molar-refractivity contribution in [1.82, 2.24) is 15.3 Å². The largest absolute Gasteiger partial charge is 0.493 e. The highest BCUT2D eigenvalue weighted by Gasteiger charge is 2.08. The zero-order chi connectivity index (χ0) is 15.2. The molecule has 0 amide bonds. The molecule has 0 unspecified atom stereocenters. The third kappa shape index (κ3) is 3.92. The summed E-state index contributed by atoms with van der Waals surface area (Å²) in [5, 5.41) is 3.11. The fourth-order valence-electron chi connectivity index (χ4n) is 2.22.